The van der Waals surface area contributed by atoms with Crippen LogP contribution >= 0.6 is 7.92 Å². The monoisotopic (exact) mass is 750 g/mol. The van der Waals surface area contributed by atoms with E-state index in [-0.39, 0.29) is 7.92 Å². The van der Waals surface area contributed by atoms with Gasteiger partial charge in [0.1, 0.15) is 0 Å². The second kappa shape index (κ2) is 17.6. The molecular weight excluding hydrogens is 692 g/mol. The van der Waals surface area contributed by atoms with Crippen LogP contribution in [0.3, 0.4) is 0 Å². The van der Waals surface area contributed by atoms with Gasteiger partial charge in [-0.1, -0.05) is 124 Å². The zero-order chi connectivity index (χ0) is 34.2. The summed E-state index contributed by atoms with van der Waals surface area (Å²) >= 11 is 3.23. The molecule has 259 valence electrons. The first-order valence-corrected chi connectivity index (χ1v) is 21.0. The van der Waals surface area contributed by atoms with Gasteiger partial charge in [0.15, 0.2) is 0 Å². The van der Waals surface area contributed by atoms with Gasteiger partial charge in [0, 0.05) is 0 Å². The first-order valence-electron chi connectivity index (χ1n) is 18.8. The Labute approximate surface area is 305 Å². The predicted molar refractivity (Wildman–Crippen MR) is 210 cm³/mol. The summed E-state index contributed by atoms with van der Waals surface area (Å²) in [5.74, 6) is 1.64. The van der Waals surface area contributed by atoms with E-state index in [2.05, 4.69) is 103 Å². The van der Waals surface area contributed by atoms with Crippen LogP contribution in [-0.4, -0.2) is 11.3 Å². The SMILES string of the molecule is CC(C)c1cc(C(C)C)c(-c2ccccc2P(C2CCCCC2)C2CCCCC2)c(C(C)C)c1.Nc1ccccc1-c1cccc[c]1[Pd]. The standard InChI is InChI=1S/C33H49P.C12H10N.Pd/c1-23(2)26-21-30(24(3)4)33(31(22-26)25(5)6)29-19-13-14-20-32(29)34(27-15-9-7-10-16-27)28-17-11-8-12-18-28;13-12-9-5-4-8-11(12)10-6-2-1-3-7-10;/h13-14,19-25,27-28H,7-12,15-18H2,1-6H3;1-6,8-9H,13H2;. The molecule has 4 aromatic carbocycles. The van der Waals surface area contributed by atoms with Crippen molar-refractivity contribution in [2.24, 2.45) is 0 Å². The van der Waals surface area contributed by atoms with E-state index in [9.17, 15) is 0 Å². The number of hydrogen-bond donors (Lipinski definition) is 1. The Morgan fingerprint density at radius 2 is 1.02 bits per heavy atom. The summed E-state index contributed by atoms with van der Waals surface area (Å²) in [6.07, 6.45) is 14.6. The molecule has 0 spiro atoms. The van der Waals surface area contributed by atoms with E-state index in [0.29, 0.717) is 17.8 Å². The molecule has 4 aromatic rings. The maximum absolute atomic E-state index is 5.90. The minimum atomic E-state index is -0.120. The summed E-state index contributed by atoms with van der Waals surface area (Å²) in [5.41, 5.74) is 18.7. The summed E-state index contributed by atoms with van der Waals surface area (Å²) in [5, 5.41) is 1.75. The Morgan fingerprint density at radius 1 is 0.562 bits per heavy atom. The van der Waals surface area contributed by atoms with Crippen molar-refractivity contribution in [2.45, 2.75) is 135 Å². The fourth-order valence-electron chi connectivity index (χ4n) is 7.99. The van der Waals surface area contributed by atoms with E-state index in [4.69, 9.17) is 5.73 Å². The molecule has 1 nitrogen and oxygen atoms in total. The maximum atomic E-state index is 5.90. The van der Waals surface area contributed by atoms with Crippen LogP contribution in [-0.2, 0) is 19.2 Å². The average molecular weight is 751 g/mol. The quantitative estimate of drug-likeness (QED) is 0.108. The molecule has 2 aliphatic carbocycles. The van der Waals surface area contributed by atoms with Crippen molar-refractivity contribution in [3.05, 3.63) is 102 Å². The van der Waals surface area contributed by atoms with Crippen LogP contribution in [0.2, 0.25) is 0 Å². The van der Waals surface area contributed by atoms with Gasteiger partial charge in [-0.3, -0.25) is 0 Å². The van der Waals surface area contributed by atoms with Crippen LogP contribution in [0.5, 0.6) is 0 Å². The van der Waals surface area contributed by atoms with Crippen molar-refractivity contribution in [3.8, 4) is 22.3 Å². The normalized spacial score (nSPS) is 16.1. The van der Waals surface area contributed by atoms with Crippen LogP contribution in [0.1, 0.15) is 140 Å². The molecule has 2 N–H and O–H groups in total. The van der Waals surface area contributed by atoms with Gasteiger partial charge < -0.3 is 0 Å². The van der Waals surface area contributed by atoms with Crippen molar-refractivity contribution < 1.29 is 19.2 Å². The van der Waals surface area contributed by atoms with E-state index in [1.54, 1.807) is 27.6 Å². The molecule has 0 amide bonds. The van der Waals surface area contributed by atoms with Crippen LogP contribution < -0.4 is 15.1 Å². The van der Waals surface area contributed by atoms with Gasteiger partial charge in [0.05, 0.1) is 0 Å². The van der Waals surface area contributed by atoms with Gasteiger partial charge in [-0.25, -0.2) is 0 Å². The molecule has 0 heterocycles. The molecule has 2 aliphatic rings. The molecule has 0 atom stereocenters. The third kappa shape index (κ3) is 8.92. The minimum absolute atomic E-state index is 0.120. The second-order valence-electron chi connectivity index (χ2n) is 15.1. The van der Waals surface area contributed by atoms with Crippen molar-refractivity contribution in [2.75, 3.05) is 5.73 Å². The van der Waals surface area contributed by atoms with Crippen molar-refractivity contribution in [1.29, 1.82) is 0 Å². The molecule has 0 aliphatic heterocycles. The summed E-state index contributed by atoms with van der Waals surface area (Å²) in [6, 6.07) is 30.8. The summed E-state index contributed by atoms with van der Waals surface area (Å²) in [6.45, 7) is 14.3. The Balaban J connectivity index is 0.000000267. The molecule has 3 heteroatoms. The number of para-hydroxylation sites is 1. The molecule has 0 unspecified atom stereocenters. The molecule has 0 saturated heterocycles. The fraction of sp³-hybridized carbons (Fsp3) is 0.467. The second-order valence-corrected chi connectivity index (χ2v) is 18.7. The first kappa shape index (κ1) is 37.0. The Kier molecular flexibility index (Phi) is 13.6. The third-order valence-corrected chi connectivity index (χ3v) is 14.8. The number of hydrogen-bond acceptors (Lipinski definition) is 1. The van der Waals surface area contributed by atoms with Gasteiger partial charge in [-0.15, -0.1) is 0 Å². The number of anilines is 1. The number of nitrogen functional groups attached to an aromatic ring is 1. The number of rotatable bonds is 8. The molecule has 2 fully saturated rings. The average Bonchev–Trinajstić information content (AvgIpc) is 3.10. The van der Waals surface area contributed by atoms with E-state index in [0.717, 1.165) is 32.2 Å². The zero-order valence-electron chi connectivity index (χ0n) is 30.4. The summed E-state index contributed by atoms with van der Waals surface area (Å²) < 4.78 is 1.11. The molecule has 0 aromatic heterocycles. The van der Waals surface area contributed by atoms with Crippen LogP contribution in [0.4, 0.5) is 5.69 Å². The molecule has 48 heavy (non-hydrogen) atoms. The Bertz CT molecular complexity index is 1520. The number of nitrogens with two attached hydrogens (primary N) is 1. The topological polar surface area (TPSA) is 26.0 Å². The summed E-state index contributed by atoms with van der Waals surface area (Å²) in [4.78, 5) is 0. The molecule has 0 radical (unpaired) electrons. The molecule has 2 saturated carbocycles. The van der Waals surface area contributed by atoms with Gasteiger partial charge >= 0.3 is 94.3 Å². The first-order chi connectivity index (χ1) is 23.2. The molecule has 0 bridgehead atoms. The third-order valence-electron chi connectivity index (χ3n) is 10.6. The van der Waals surface area contributed by atoms with Crippen molar-refractivity contribution in [1.82, 2.24) is 0 Å². The van der Waals surface area contributed by atoms with E-state index < -0.39 is 0 Å². The molecular formula is C45H59NPPd. The van der Waals surface area contributed by atoms with Crippen LogP contribution in [0.15, 0.2) is 84.9 Å². The van der Waals surface area contributed by atoms with Crippen LogP contribution in [0, 0.1) is 0 Å². The molecule has 6 rings (SSSR count). The predicted octanol–water partition coefficient (Wildman–Crippen LogP) is 12.6. The van der Waals surface area contributed by atoms with Gasteiger partial charge in [-0.05, 0) is 87.9 Å². The van der Waals surface area contributed by atoms with Crippen molar-refractivity contribution >= 4 is 22.9 Å². The number of benzene rings is 4. The Hall–Kier alpha value is -2.23. The van der Waals surface area contributed by atoms with E-state index in [1.807, 2.05) is 42.5 Å². The van der Waals surface area contributed by atoms with E-state index in [1.165, 1.54) is 69.8 Å². The summed E-state index contributed by atoms with van der Waals surface area (Å²) in [7, 11) is -0.120. The van der Waals surface area contributed by atoms with E-state index >= 15 is 0 Å². The van der Waals surface area contributed by atoms with Gasteiger partial charge in [-0.2, -0.15) is 0 Å². The van der Waals surface area contributed by atoms with Gasteiger partial charge in [0.2, 0.25) is 0 Å². The Morgan fingerprint density at radius 3 is 1.50 bits per heavy atom. The fourth-order valence-corrected chi connectivity index (χ4v) is 12.4. The van der Waals surface area contributed by atoms with Gasteiger partial charge in [0.25, 0.3) is 0 Å². The zero-order valence-corrected chi connectivity index (χ0v) is 32.8. The van der Waals surface area contributed by atoms with Crippen molar-refractivity contribution in [3.63, 3.8) is 0 Å². The van der Waals surface area contributed by atoms with Crippen LogP contribution in [0.25, 0.3) is 22.3 Å².